The number of nitrogens with one attached hydrogen (secondary N) is 1. The zero-order valence-electron chi connectivity index (χ0n) is 13.5. The molecule has 5 heteroatoms. The third-order valence-electron chi connectivity index (χ3n) is 4.38. The summed E-state index contributed by atoms with van der Waals surface area (Å²) in [6, 6.07) is 7.22. The molecule has 1 saturated heterocycles. The van der Waals surface area contributed by atoms with Crippen LogP contribution in [0, 0.1) is 5.92 Å². The number of aromatic amines is 1. The molecule has 1 unspecified atom stereocenters. The van der Waals surface area contributed by atoms with E-state index < -0.39 is 0 Å². The lowest BCUT2D eigenvalue weighted by Gasteiger charge is -2.26. The minimum absolute atomic E-state index is 0.0476. The Morgan fingerprint density at radius 3 is 2.78 bits per heavy atom. The Morgan fingerprint density at radius 2 is 2.04 bits per heavy atom. The van der Waals surface area contributed by atoms with Gasteiger partial charge in [-0.2, -0.15) is 0 Å². The molecule has 0 saturated carbocycles. The largest absolute Gasteiger partial charge is 0.376 e. The Hall–Kier alpha value is -2.14. The number of H-pyrrole nitrogens is 1. The molecular formula is C18H22N2O3. The molecule has 1 N–H and O–H groups in total. The van der Waals surface area contributed by atoms with E-state index in [9.17, 15) is 9.59 Å². The van der Waals surface area contributed by atoms with Crippen LogP contribution in [0.4, 0.5) is 0 Å². The van der Waals surface area contributed by atoms with Gasteiger partial charge in [0.05, 0.1) is 11.7 Å². The molecular weight excluding hydrogens is 292 g/mol. The van der Waals surface area contributed by atoms with Crippen molar-refractivity contribution in [1.29, 1.82) is 0 Å². The molecule has 0 radical (unpaired) electrons. The lowest BCUT2D eigenvalue weighted by Crippen LogP contribution is -2.39. The van der Waals surface area contributed by atoms with Gasteiger partial charge >= 0.3 is 0 Å². The second-order valence-corrected chi connectivity index (χ2v) is 6.34. The van der Waals surface area contributed by atoms with Crippen molar-refractivity contribution in [2.45, 2.75) is 26.4 Å². The van der Waals surface area contributed by atoms with Crippen molar-refractivity contribution in [3.05, 3.63) is 46.4 Å². The van der Waals surface area contributed by atoms with E-state index in [-0.39, 0.29) is 17.6 Å². The summed E-state index contributed by atoms with van der Waals surface area (Å²) in [5.74, 6) is 0.310. The van der Waals surface area contributed by atoms with Gasteiger partial charge in [-0.3, -0.25) is 9.59 Å². The Balaban J connectivity index is 1.96. The van der Waals surface area contributed by atoms with Crippen molar-refractivity contribution in [2.24, 2.45) is 5.92 Å². The highest BCUT2D eigenvalue weighted by Gasteiger charge is 2.26. The van der Waals surface area contributed by atoms with Gasteiger partial charge in [0.15, 0.2) is 0 Å². The molecule has 0 spiro atoms. The van der Waals surface area contributed by atoms with Gasteiger partial charge in [-0.25, -0.2) is 0 Å². The van der Waals surface area contributed by atoms with Crippen molar-refractivity contribution >= 4 is 16.7 Å². The summed E-state index contributed by atoms with van der Waals surface area (Å²) in [5.41, 5.74) is 0.376. The Kier molecular flexibility index (Phi) is 4.48. The summed E-state index contributed by atoms with van der Waals surface area (Å²) < 4.78 is 5.84. The molecule has 2 heterocycles. The summed E-state index contributed by atoms with van der Waals surface area (Å²) in [6.07, 6.45) is 2.41. The monoisotopic (exact) mass is 314 g/mol. The van der Waals surface area contributed by atoms with Gasteiger partial charge in [-0.15, -0.1) is 0 Å². The first-order valence-electron chi connectivity index (χ1n) is 8.09. The molecule has 1 atom stereocenters. The van der Waals surface area contributed by atoms with Crippen LogP contribution < -0.4 is 5.56 Å². The minimum atomic E-state index is -0.170. The second-order valence-electron chi connectivity index (χ2n) is 6.34. The topological polar surface area (TPSA) is 62.4 Å². The van der Waals surface area contributed by atoms with E-state index in [1.165, 1.54) is 6.20 Å². The van der Waals surface area contributed by atoms with Crippen LogP contribution in [0.2, 0.25) is 0 Å². The van der Waals surface area contributed by atoms with Crippen LogP contribution in [0.25, 0.3) is 10.8 Å². The fourth-order valence-corrected chi connectivity index (χ4v) is 3.00. The van der Waals surface area contributed by atoms with Gasteiger partial charge in [0.25, 0.3) is 11.5 Å². The zero-order valence-corrected chi connectivity index (χ0v) is 13.5. The molecule has 1 aromatic heterocycles. The summed E-state index contributed by atoms with van der Waals surface area (Å²) in [5, 5.41) is 1.25. The van der Waals surface area contributed by atoms with Crippen LogP contribution in [0.5, 0.6) is 0 Å². The molecule has 3 rings (SSSR count). The maximum Gasteiger partial charge on any atom is 0.256 e. The van der Waals surface area contributed by atoms with Crippen molar-refractivity contribution in [3.8, 4) is 0 Å². The van der Waals surface area contributed by atoms with E-state index in [4.69, 9.17) is 4.74 Å². The number of amides is 1. The van der Waals surface area contributed by atoms with Crippen LogP contribution in [0.3, 0.4) is 0 Å². The normalized spacial score (nSPS) is 19.1. The predicted octanol–water partition coefficient (Wildman–Crippen LogP) is 2.42. The lowest BCUT2D eigenvalue weighted by molar-refractivity contribution is 0.0222. The van der Waals surface area contributed by atoms with E-state index >= 15 is 0 Å². The molecule has 0 aliphatic carbocycles. The Bertz CT molecular complexity index is 766. The van der Waals surface area contributed by atoms with Crippen molar-refractivity contribution in [1.82, 2.24) is 9.88 Å². The van der Waals surface area contributed by atoms with E-state index in [2.05, 4.69) is 18.8 Å². The minimum Gasteiger partial charge on any atom is -0.376 e. The number of carbonyl (C=O) groups is 1. The number of hydrogen-bond donors (Lipinski definition) is 1. The average molecular weight is 314 g/mol. The summed E-state index contributed by atoms with van der Waals surface area (Å²) in [6.45, 7) is 6.15. The summed E-state index contributed by atoms with van der Waals surface area (Å²) in [4.78, 5) is 29.4. The number of pyridine rings is 1. The van der Waals surface area contributed by atoms with Crippen molar-refractivity contribution in [3.63, 3.8) is 0 Å². The molecule has 1 aliphatic heterocycles. The molecule has 0 bridgehead atoms. The molecule has 1 aromatic carbocycles. The molecule has 5 nitrogen and oxygen atoms in total. The predicted molar refractivity (Wildman–Crippen MR) is 89.7 cm³/mol. The van der Waals surface area contributed by atoms with Crippen LogP contribution in [0.15, 0.2) is 35.3 Å². The Morgan fingerprint density at radius 1 is 1.30 bits per heavy atom. The summed E-state index contributed by atoms with van der Waals surface area (Å²) in [7, 11) is 0. The third kappa shape index (κ3) is 3.15. The van der Waals surface area contributed by atoms with Gasteiger partial charge in [0.1, 0.15) is 0 Å². The van der Waals surface area contributed by atoms with Crippen molar-refractivity contribution < 1.29 is 9.53 Å². The molecule has 1 amide bonds. The van der Waals surface area contributed by atoms with E-state index in [1.54, 1.807) is 12.1 Å². The van der Waals surface area contributed by atoms with Crippen LogP contribution >= 0.6 is 0 Å². The van der Waals surface area contributed by atoms with Gasteiger partial charge < -0.3 is 14.6 Å². The van der Waals surface area contributed by atoms with Crippen LogP contribution in [-0.2, 0) is 4.74 Å². The van der Waals surface area contributed by atoms with Gasteiger partial charge in [0, 0.05) is 36.7 Å². The number of rotatable bonds is 2. The molecule has 1 fully saturated rings. The highest BCUT2D eigenvalue weighted by atomic mass is 16.5. The second kappa shape index (κ2) is 6.54. The number of benzene rings is 1. The van der Waals surface area contributed by atoms with Crippen LogP contribution in [0.1, 0.15) is 30.6 Å². The van der Waals surface area contributed by atoms with Gasteiger partial charge in [-0.1, -0.05) is 32.0 Å². The SMILES string of the molecule is CC(C)C1CN(C(=O)c2c[nH]c(=O)c3ccccc23)CCCO1. The number of nitrogens with zero attached hydrogens (tertiary/aromatic N) is 1. The standard InChI is InChI=1S/C18H22N2O3/c1-12(2)16-11-20(8-5-9-23-16)18(22)15-10-19-17(21)14-7-4-3-6-13(14)15/h3-4,6-7,10,12,16H,5,8-9,11H2,1-2H3,(H,19,21). The fraction of sp³-hybridized carbons (Fsp3) is 0.444. The quantitative estimate of drug-likeness (QED) is 0.926. The van der Waals surface area contributed by atoms with Crippen molar-refractivity contribution in [2.75, 3.05) is 19.7 Å². The molecule has 122 valence electrons. The maximum atomic E-state index is 13.0. The van der Waals surface area contributed by atoms with Crippen LogP contribution in [-0.4, -0.2) is 41.6 Å². The highest BCUT2D eigenvalue weighted by Crippen LogP contribution is 2.19. The van der Waals surface area contributed by atoms with Gasteiger partial charge in [-0.05, 0) is 18.4 Å². The maximum absolute atomic E-state index is 13.0. The number of aromatic nitrogens is 1. The first-order chi connectivity index (χ1) is 11.1. The number of hydrogen-bond acceptors (Lipinski definition) is 3. The summed E-state index contributed by atoms with van der Waals surface area (Å²) >= 11 is 0. The van der Waals surface area contributed by atoms with Gasteiger partial charge in [0.2, 0.25) is 0 Å². The number of ether oxygens (including phenoxy) is 1. The number of fused-ring (bicyclic) bond motifs is 1. The molecule has 1 aliphatic rings. The van der Waals surface area contributed by atoms with E-state index in [0.29, 0.717) is 42.0 Å². The average Bonchev–Trinajstić information content (AvgIpc) is 2.81. The smallest absolute Gasteiger partial charge is 0.256 e. The number of carbonyl (C=O) groups excluding carboxylic acids is 1. The third-order valence-corrected chi connectivity index (χ3v) is 4.38. The molecule has 2 aromatic rings. The first kappa shape index (κ1) is 15.7. The highest BCUT2D eigenvalue weighted by molar-refractivity contribution is 6.06. The molecule has 23 heavy (non-hydrogen) atoms. The fourth-order valence-electron chi connectivity index (χ4n) is 3.00. The van der Waals surface area contributed by atoms with E-state index in [0.717, 1.165) is 6.42 Å². The lowest BCUT2D eigenvalue weighted by atomic mass is 10.0. The Labute approximate surface area is 135 Å². The van der Waals surface area contributed by atoms with E-state index in [1.807, 2.05) is 17.0 Å². The first-order valence-corrected chi connectivity index (χ1v) is 8.09. The zero-order chi connectivity index (χ0) is 16.4.